The Bertz CT molecular complexity index is 720. The van der Waals surface area contributed by atoms with Gasteiger partial charge in [-0.25, -0.2) is 0 Å². The maximum absolute atomic E-state index is 12.7. The lowest BCUT2D eigenvalue weighted by atomic mass is 10.1. The van der Waals surface area contributed by atoms with E-state index in [1.807, 2.05) is 24.3 Å². The lowest BCUT2D eigenvalue weighted by molar-refractivity contribution is 0.321. The first-order valence-corrected chi connectivity index (χ1v) is 7.61. The van der Waals surface area contributed by atoms with Crippen molar-refractivity contribution in [2.45, 2.75) is 39.2 Å². The molecule has 0 aliphatic carbocycles. The van der Waals surface area contributed by atoms with E-state index in [4.69, 9.17) is 9.94 Å². The van der Waals surface area contributed by atoms with Crippen molar-refractivity contribution < 1.29 is 9.94 Å². The molecule has 0 aliphatic rings. The number of nitrogens with zero attached hydrogens (tertiary/aromatic N) is 2. The van der Waals surface area contributed by atoms with Crippen molar-refractivity contribution in [1.82, 2.24) is 4.57 Å². The zero-order valence-electron chi connectivity index (χ0n) is 13.1. The third kappa shape index (κ3) is 3.13. The maximum atomic E-state index is 12.7. The Balaban J connectivity index is 2.58. The predicted octanol–water partition coefficient (Wildman–Crippen LogP) is 3.40. The molecule has 1 N–H and O–H groups in total. The number of oxime groups is 1. The van der Waals surface area contributed by atoms with Crippen LogP contribution in [0.4, 0.5) is 0 Å². The second-order valence-electron chi connectivity index (χ2n) is 5.23. The summed E-state index contributed by atoms with van der Waals surface area (Å²) < 4.78 is 7.11. The van der Waals surface area contributed by atoms with Gasteiger partial charge in [0.2, 0.25) is 0 Å². The van der Waals surface area contributed by atoms with E-state index in [0.29, 0.717) is 12.3 Å². The minimum atomic E-state index is -0.190. The molecule has 0 bridgehead atoms. The summed E-state index contributed by atoms with van der Waals surface area (Å²) in [4.78, 5) is 12.7. The van der Waals surface area contributed by atoms with Crippen LogP contribution in [0.1, 0.15) is 38.2 Å². The van der Waals surface area contributed by atoms with Crippen LogP contribution in [0, 0.1) is 0 Å². The molecule has 22 heavy (non-hydrogen) atoms. The molecule has 0 unspecified atom stereocenters. The van der Waals surface area contributed by atoms with Crippen LogP contribution in [-0.2, 0) is 6.54 Å². The molecule has 0 saturated carbocycles. The summed E-state index contributed by atoms with van der Waals surface area (Å²) in [5, 5.41) is 12.7. The van der Waals surface area contributed by atoms with E-state index < -0.39 is 0 Å². The summed E-state index contributed by atoms with van der Waals surface area (Å²) >= 11 is 0. The van der Waals surface area contributed by atoms with E-state index in [2.05, 4.69) is 12.1 Å². The summed E-state index contributed by atoms with van der Waals surface area (Å²) in [5.41, 5.74) is 0.931. The molecular formula is C17H22N2O3. The smallest absolute Gasteiger partial charge is 0.263 e. The fraction of sp³-hybridized carbons (Fsp3) is 0.412. The number of aryl methyl sites for hydroxylation is 1. The van der Waals surface area contributed by atoms with Crippen molar-refractivity contribution in [2.75, 3.05) is 7.11 Å². The molecule has 0 spiro atoms. The summed E-state index contributed by atoms with van der Waals surface area (Å²) in [6.07, 6.45) is 5.50. The van der Waals surface area contributed by atoms with Crippen molar-refractivity contribution in [1.29, 1.82) is 0 Å². The van der Waals surface area contributed by atoms with Crippen LogP contribution in [0.5, 0.6) is 5.75 Å². The maximum Gasteiger partial charge on any atom is 0.263 e. The number of methoxy groups -OCH3 is 1. The molecule has 0 atom stereocenters. The van der Waals surface area contributed by atoms with E-state index >= 15 is 0 Å². The number of hydrogen-bond acceptors (Lipinski definition) is 4. The zero-order chi connectivity index (χ0) is 15.9. The summed E-state index contributed by atoms with van der Waals surface area (Å²) in [6, 6.07) is 7.63. The van der Waals surface area contributed by atoms with E-state index in [-0.39, 0.29) is 11.1 Å². The minimum Gasteiger partial charge on any atom is -0.495 e. The number of para-hydroxylation sites is 1. The van der Waals surface area contributed by atoms with Crippen LogP contribution in [0.25, 0.3) is 10.9 Å². The second kappa shape index (κ2) is 7.64. The Morgan fingerprint density at radius 1 is 1.27 bits per heavy atom. The molecule has 0 saturated heterocycles. The van der Waals surface area contributed by atoms with Crippen LogP contribution in [0.15, 0.2) is 34.2 Å². The fourth-order valence-corrected chi connectivity index (χ4v) is 2.71. The molecule has 0 fully saturated rings. The van der Waals surface area contributed by atoms with Crippen molar-refractivity contribution >= 4 is 17.1 Å². The lowest BCUT2D eigenvalue weighted by Crippen LogP contribution is -2.25. The molecule has 0 amide bonds. The van der Waals surface area contributed by atoms with Crippen LogP contribution in [-0.4, -0.2) is 23.1 Å². The Morgan fingerprint density at radius 2 is 2.05 bits per heavy atom. The Labute approximate surface area is 129 Å². The average Bonchev–Trinajstić information content (AvgIpc) is 2.54. The predicted molar refractivity (Wildman–Crippen MR) is 88.3 cm³/mol. The number of unbranched alkanes of at least 4 members (excludes halogenated alkanes) is 3. The number of ether oxygens (including phenoxy) is 1. The molecule has 1 aromatic carbocycles. The number of fused-ring (bicyclic) bond motifs is 1. The molecule has 118 valence electrons. The summed E-state index contributed by atoms with van der Waals surface area (Å²) in [6.45, 7) is 2.81. The monoisotopic (exact) mass is 302 g/mol. The number of benzene rings is 1. The molecule has 0 aliphatic heterocycles. The molecule has 1 aromatic heterocycles. The first kappa shape index (κ1) is 16.1. The first-order chi connectivity index (χ1) is 10.7. The summed E-state index contributed by atoms with van der Waals surface area (Å²) in [5.74, 6) is 0.447. The van der Waals surface area contributed by atoms with Crippen LogP contribution >= 0.6 is 0 Å². The highest BCUT2D eigenvalue weighted by Crippen LogP contribution is 2.26. The van der Waals surface area contributed by atoms with Gasteiger partial charge in [0.1, 0.15) is 11.3 Å². The highest BCUT2D eigenvalue weighted by atomic mass is 16.5. The highest BCUT2D eigenvalue weighted by Gasteiger charge is 2.15. The van der Waals surface area contributed by atoms with Gasteiger partial charge >= 0.3 is 0 Å². The van der Waals surface area contributed by atoms with E-state index in [1.165, 1.54) is 7.11 Å². The van der Waals surface area contributed by atoms with Gasteiger partial charge in [0.25, 0.3) is 5.56 Å². The third-order valence-electron chi connectivity index (χ3n) is 3.79. The van der Waals surface area contributed by atoms with Gasteiger partial charge in [-0.15, -0.1) is 0 Å². The Hall–Kier alpha value is -2.30. The Kier molecular flexibility index (Phi) is 5.58. The third-order valence-corrected chi connectivity index (χ3v) is 3.79. The number of aromatic nitrogens is 1. The van der Waals surface area contributed by atoms with Crippen LogP contribution < -0.4 is 10.3 Å². The van der Waals surface area contributed by atoms with Gasteiger partial charge in [-0.3, -0.25) is 4.79 Å². The van der Waals surface area contributed by atoms with Crippen molar-refractivity contribution in [2.24, 2.45) is 5.16 Å². The van der Waals surface area contributed by atoms with E-state index in [9.17, 15) is 4.79 Å². The molecule has 1 heterocycles. The normalized spacial score (nSPS) is 11.4. The van der Waals surface area contributed by atoms with Gasteiger partial charge in [-0.1, -0.05) is 43.5 Å². The molecule has 2 rings (SSSR count). The van der Waals surface area contributed by atoms with Gasteiger partial charge in [-0.2, -0.15) is 0 Å². The van der Waals surface area contributed by atoms with Gasteiger partial charge in [0.05, 0.1) is 18.8 Å². The molecule has 5 heteroatoms. The van der Waals surface area contributed by atoms with Crippen LogP contribution in [0.3, 0.4) is 0 Å². The SMILES string of the molecule is CCCCCCn1c(=O)c(C=NO)c(OC)c2ccccc21. The molecule has 0 radical (unpaired) electrons. The number of rotatable bonds is 7. The minimum absolute atomic E-state index is 0.190. The standard InChI is InChI=1S/C17H22N2O3/c1-3-4-5-8-11-19-15-10-7-6-9-13(15)16(22-2)14(12-18-21)17(19)20/h6-7,9-10,12,21H,3-5,8,11H2,1-2H3. The molecule has 2 aromatic rings. The van der Waals surface area contributed by atoms with E-state index in [0.717, 1.165) is 42.8 Å². The van der Waals surface area contributed by atoms with Crippen molar-refractivity contribution in [3.63, 3.8) is 0 Å². The lowest BCUT2D eigenvalue weighted by Gasteiger charge is -2.15. The van der Waals surface area contributed by atoms with E-state index in [1.54, 1.807) is 4.57 Å². The van der Waals surface area contributed by atoms with Crippen LogP contribution in [0.2, 0.25) is 0 Å². The number of pyridine rings is 1. The van der Waals surface area contributed by atoms with Gasteiger partial charge in [0.15, 0.2) is 0 Å². The topological polar surface area (TPSA) is 63.8 Å². The molecule has 5 nitrogen and oxygen atoms in total. The highest BCUT2D eigenvalue weighted by molar-refractivity contribution is 5.95. The van der Waals surface area contributed by atoms with Crippen molar-refractivity contribution in [3.05, 3.63) is 40.2 Å². The fourth-order valence-electron chi connectivity index (χ4n) is 2.71. The molecular weight excluding hydrogens is 280 g/mol. The quantitative estimate of drug-likeness (QED) is 0.369. The second-order valence-corrected chi connectivity index (χ2v) is 5.23. The van der Waals surface area contributed by atoms with Gasteiger partial charge < -0.3 is 14.5 Å². The largest absolute Gasteiger partial charge is 0.495 e. The Morgan fingerprint density at radius 3 is 2.73 bits per heavy atom. The number of hydrogen-bond donors (Lipinski definition) is 1. The van der Waals surface area contributed by atoms with Gasteiger partial charge in [-0.05, 0) is 18.6 Å². The summed E-state index contributed by atoms with van der Waals surface area (Å²) in [7, 11) is 1.52. The first-order valence-electron chi connectivity index (χ1n) is 7.61. The zero-order valence-corrected chi connectivity index (χ0v) is 13.1. The van der Waals surface area contributed by atoms with Gasteiger partial charge in [0, 0.05) is 11.9 Å². The van der Waals surface area contributed by atoms with Crippen molar-refractivity contribution in [3.8, 4) is 5.75 Å². The average molecular weight is 302 g/mol.